The van der Waals surface area contributed by atoms with Gasteiger partial charge in [0.15, 0.2) is 5.82 Å². The Kier molecular flexibility index (Phi) is 4.08. The van der Waals surface area contributed by atoms with Gasteiger partial charge in [0.25, 0.3) is 0 Å². The lowest BCUT2D eigenvalue weighted by Gasteiger charge is -2.26. The summed E-state index contributed by atoms with van der Waals surface area (Å²) in [5.74, 6) is 0.778. The van der Waals surface area contributed by atoms with E-state index in [4.69, 9.17) is 4.74 Å². The second-order valence-corrected chi connectivity index (χ2v) is 6.43. The molecule has 0 bridgehead atoms. The first-order chi connectivity index (χ1) is 11.7. The number of aromatic nitrogens is 4. The molecule has 0 aliphatic carbocycles. The van der Waals surface area contributed by atoms with Gasteiger partial charge in [-0.15, -0.1) is 0 Å². The van der Waals surface area contributed by atoms with Crippen LogP contribution in [-0.4, -0.2) is 57.1 Å². The Balaban J connectivity index is 1.58. The minimum absolute atomic E-state index is 0.778. The molecule has 2 aromatic heterocycles. The summed E-state index contributed by atoms with van der Waals surface area (Å²) in [5, 5.41) is 5.68. The fraction of sp³-hybridized carbons (Fsp3) is 0.444. The Morgan fingerprint density at radius 1 is 1.17 bits per heavy atom. The number of aryl methyl sites for hydroxylation is 2. The van der Waals surface area contributed by atoms with Crippen molar-refractivity contribution in [2.24, 2.45) is 7.05 Å². The molecule has 24 heavy (non-hydrogen) atoms. The second-order valence-electron chi connectivity index (χ2n) is 6.43. The number of fused-ring (bicyclic) bond motifs is 1. The average Bonchev–Trinajstić information content (AvgIpc) is 3.18. The van der Waals surface area contributed by atoms with Crippen molar-refractivity contribution in [1.29, 1.82) is 0 Å². The van der Waals surface area contributed by atoms with Crippen molar-refractivity contribution < 1.29 is 4.74 Å². The zero-order chi connectivity index (χ0) is 16.5. The van der Waals surface area contributed by atoms with Gasteiger partial charge in [-0.2, -0.15) is 5.10 Å². The highest BCUT2D eigenvalue weighted by atomic mass is 16.5. The fourth-order valence-corrected chi connectivity index (χ4v) is 3.34. The van der Waals surface area contributed by atoms with Crippen LogP contribution in [-0.2, 0) is 18.3 Å². The van der Waals surface area contributed by atoms with E-state index in [1.807, 2.05) is 7.05 Å². The van der Waals surface area contributed by atoms with Gasteiger partial charge in [-0.1, -0.05) is 0 Å². The molecule has 1 aromatic carbocycles. The maximum Gasteiger partial charge on any atom is 0.181 e. The van der Waals surface area contributed by atoms with Crippen molar-refractivity contribution in [3.05, 3.63) is 36.3 Å². The summed E-state index contributed by atoms with van der Waals surface area (Å²) in [5.41, 5.74) is 3.64. The van der Waals surface area contributed by atoms with Gasteiger partial charge >= 0.3 is 0 Å². The first-order valence-corrected chi connectivity index (χ1v) is 8.46. The molecular weight excluding hydrogens is 302 g/mol. The van der Waals surface area contributed by atoms with E-state index >= 15 is 0 Å². The molecule has 1 aliphatic rings. The predicted molar refractivity (Wildman–Crippen MR) is 93.9 cm³/mol. The van der Waals surface area contributed by atoms with E-state index in [-0.39, 0.29) is 0 Å². The number of ether oxygens (including phenoxy) is 1. The number of hydrogen-bond acceptors (Lipinski definition) is 4. The van der Waals surface area contributed by atoms with E-state index in [0.29, 0.717) is 0 Å². The van der Waals surface area contributed by atoms with Gasteiger partial charge in [-0.25, -0.2) is 4.98 Å². The van der Waals surface area contributed by atoms with Gasteiger partial charge in [-0.3, -0.25) is 9.58 Å². The lowest BCUT2D eigenvalue weighted by molar-refractivity contribution is 0.0365. The third-order valence-corrected chi connectivity index (χ3v) is 4.70. The van der Waals surface area contributed by atoms with E-state index in [1.54, 1.807) is 11.0 Å². The molecule has 3 aromatic rings. The Bertz CT molecular complexity index is 844. The van der Waals surface area contributed by atoms with Crippen LogP contribution in [0.4, 0.5) is 0 Å². The van der Waals surface area contributed by atoms with Crippen molar-refractivity contribution in [3.8, 4) is 11.4 Å². The lowest BCUT2D eigenvalue weighted by atomic mass is 10.1. The van der Waals surface area contributed by atoms with Crippen LogP contribution < -0.4 is 0 Å². The smallest absolute Gasteiger partial charge is 0.181 e. The number of nitrogens with zero attached hydrogens (tertiary/aromatic N) is 5. The SMILES string of the molecule is Cc1cn(CCN2CCOCC2)c2ccc(-c3ncn(C)n3)cc12. The van der Waals surface area contributed by atoms with Crippen molar-refractivity contribution in [3.63, 3.8) is 0 Å². The summed E-state index contributed by atoms with van der Waals surface area (Å²) in [4.78, 5) is 6.82. The second kappa shape index (κ2) is 6.37. The maximum absolute atomic E-state index is 5.42. The van der Waals surface area contributed by atoms with E-state index in [1.165, 1.54) is 16.5 Å². The largest absolute Gasteiger partial charge is 0.379 e. The van der Waals surface area contributed by atoms with Crippen LogP contribution >= 0.6 is 0 Å². The number of rotatable bonds is 4. The summed E-state index contributed by atoms with van der Waals surface area (Å²) in [6, 6.07) is 6.50. The van der Waals surface area contributed by atoms with Crippen LogP contribution in [0, 0.1) is 6.92 Å². The third kappa shape index (κ3) is 2.95. The first-order valence-electron chi connectivity index (χ1n) is 8.46. The highest BCUT2D eigenvalue weighted by Gasteiger charge is 2.12. The van der Waals surface area contributed by atoms with Crippen LogP contribution in [0.15, 0.2) is 30.7 Å². The van der Waals surface area contributed by atoms with Crippen LogP contribution in [0.5, 0.6) is 0 Å². The lowest BCUT2D eigenvalue weighted by Crippen LogP contribution is -2.38. The molecule has 6 heteroatoms. The molecule has 0 atom stereocenters. The molecule has 6 nitrogen and oxygen atoms in total. The van der Waals surface area contributed by atoms with Crippen LogP contribution in [0.2, 0.25) is 0 Å². The summed E-state index contributed by atoms with van der Waals surface area (Å²) in [6.07, 6.45) is 3.99. The summed E-state index contributed by atoms with van der Waals surface area (Å²) in [6.45, 7) is 8.02. The molecule has 3 heterocycles. The molecule has 0 unspecified atom stereocenters. The Hall–Kier alpha value is -2.18. The molecular formula is C18H23N5O. The molecule has 4 rings (SSSR count). The minimum Gasteiger partial charge on any atom is -0.379 e. The van der Waals surface area contributed by atoms with Crippen molar-refractivity contribution in [2.75, 3.05) is 32.8 Å². The van der Waals surface area contributed by atoms with E-state index in [9.17, 15) is 0 Å². The standard InChI is InChI=1S/C18H23N5O/c1-14-12-23(6-5-22-7-9-24-10-8-22)17-4-3-15(11-16(14)17)18-19-13-21(2)20-18/h3-4,11-13H,5-10H2,1-2H3. The molecule has 1 aliphatic heterocycles. The molecule has 1 saturated heterocycles. The predicted octanol–water partition coefficient (Wildman–Crippen LogP) is 2.08. The molecule has 0 saturated carbocycles. The van der Waals surface area contributed by atoms with Crippen molar-refractivity contribution >= 4 is 10.9 Å². The number of hydrogen-bond donors (Lipinski definition) is 0. The van der Waals surface area contributed by atoms with E-state index in [0.717, 1.165) is 50.8 Å². The van der Waals surface area contributed by atoms with Gasteiger partial charge < -0.3 is 9.30 Å². The van der Waals surface area contributed by atoms with Gasteiger partial charge in [-0.05, 0) is 30.7 Å². The van der Waals surface area contributed by atoms with E-state index < -0.39 is 0 Å². The topological polar surface area (TPSA) is 48.1 Å². The summed E-state index contributed by atoms with van der Waals surface area (Å²) < 4.78 is 9.51. The third-order valence-electron chi connectivity index (χ3n) is 4.70. The number of morpholine rings is 1. The van der Waals surface area contributed by atoms with Gasteiger partial charge in [0.2, 0.25) is 0 Å². The van der Waals surface area contributed by atoms with Crippen molar-refractivity contribution in [1.82, 2.24) is 24.2 Å². The molecule has 1 fully saturated rings. The van der Waals surface area contributed by atoms with Gasteiger partial charge in [0.1, 0.15) is 6.33 Å². The van der Waals surface area contributed by atoms with Crippen molar-refractivity contribution in [2.45, 2.75) is 13.5 Å². The molecule has 126 valence electrons. The normalized spacial score (nSPS) is 16.1. The van der Waals surface area contributed by atoms with Gasteiger partial charge in [0.05, 0.1) is 13.2 Å². The van der Waals surface area contributed by atoms with Gasteiger partial charge in [0, 0.05) is 55.9 Å². The molecule has 0 spiro atoms. The Labute approximate surface area is 141 Å². The Morgan fingerprint density at radius 3 is 2.75 bits per heavy atom. The average molecular weight is 325 g/mol. The highest BCUT2D eigenvalue weighted by Crippen LogP contribution is 2.26. The maximum atomic E-state index is 5.42. The van der Waals surface area contributed by atoms with E-state index in [2.05, 4.69) is 50.9 Å². The summed E-state index contributed by atoms with van der Waals surface area (Å²) in [7, 11) is 1.89. The first kappa shape index (κ1) is 15.4. The monoisotopic (exact) mass is 325 g/mol. The highest BCUT2D eigenvalue weighted by molar-refractivity contribution is 5.87. The fourth-order valence-electron chi connectivity index (χ4n) is 3.34. The molecule has 0 N–H and O–H groups in total. The number of benzene rings is 1. The minimum atomic E-state index is 0.778. The van der Waals surface area contributed by atoms with Crippen LogP contribution in [0.25, 0.3) is 22.3 Å². The zero-order valence-corrected chi connectivity index (χ0v) is 14.3. The molecule has 0 radical (unpaired) electrons. The zero-order valence-electron chi connectivity index (χ0n) is 14.3. The Morgan fingerprint density at radius 2 is 2.00 bits per heavy atom. The van der Waals surface area contributed by atoms with Crippen LogP contribution in [0.1, 0.15) is 5.56 Å². The summed E-state index contributed by atoms with van der Waals surface area (Å²) >= 11 is 0. The quantitative estimate of drug-likeness (QED) is 0.737. The van der Waals surface area contributed by atoms with Crippen LogP contribution in [0.3, 0.4) is 0 Å². The molecule has 0 amide bonds.